The zero-order valence-electron chi connectivity index (χ0n) is 23.1. The summed E-state index contributed by atoms with van der Waals surface area (Å²) in [5.41, 5.74) is -0.921. The van der Waals surface area contributed by atoms with E-state index in [1.165, 1.54) is 4.90 Å². The highest BCUT2D eigenvalue weighted by Crippen LogP contribution is 2.64. The maximum absolute atomic E-state index is 14.7. The molecule has 3 aliphatic rings. The number of hydrogen-bond acceptors (Lipinski definition) is 7. The van der Waals surface area contributed by atoms with E-state index < -0.39 is 53.6 Å². The number of hydrogen-bond donors (Lipinski definition) is 1. The van der Waals surface area contributed by atoms with Gasteiger partial charge in [0.1, 0.15) is 23.3 Å². The quantitative estimate of drug-likeness (QED) is 0.359. The molecule has 9 heteroatoms. The topological polar surface area (TPSA) is 106 Å². The molecule has 3 heterocycles. The number of likely N-dealkylation sites (tertiary alicyclic amines) is 1. The number of methoxy groups -OCH3 is 1. The fourth-order valence-electron chi connectivity index (χ4n) is 6.96. The zero-order valence-corrected chi connectivity index (χ0v) is 23.1. The summed E-state index contributed by atoms with van der Waals surface area (Å²) in [4.78, 5) is 45.5. The minimum Gasteiger partial charge on any atom is -0.497 e. The molecule has 1 N–H and O–H groups in total. The van der Waals surface area contributed by atoms with Crippen LogP contribution in [0.4, 0.5) is 5.69 Å². The second kappa shape index (κ2) is 10.7. The Hall–Kier alpha value is -3.69. The summed E-state index contributed by atoms with van der Waals surface area (Å²) in [6, 6.07) is 14.3. The van der Waals surface area contributed by atoms with Crippen molar-refractivity contribution in [2.45, 2.75) is 50.0 Å². The highest BCUT2D eigenvalue weighted by molar-refractivity contribution is 6.05. The van der Waals surface area contributed by atoms with Crippen LogP contribution in [-0.4, -0.2) is 71.9 Å². The summed E-state index contributed by atoms with van der Waals surface area (Å²) < 4.78 is 17.4. The maximum atomic E-state index is 14.7. The number of rotatable bonds is 10. The Morgan fingerprint density at radius 2 is 1.90 bits per heavy atom. The smallest absolute Gasteiger partial charge is 0.312 e. The molecule has 2 aromatic carbocycles. The molecule has 3 saturated heterocycles. The molecule has 0 radical (unpaired) electrons. The predicted octanol–water partition coefficient (Wildman–Crippen LogP) is 3.28. The van der Waals surface area contributed by atoms with Crippen LogP contribution in [0.15, 0.2) is 67.3 Å². The third kappa shape index (κ3) is 4.19. The number of aliphatic hydroxyl groups excluding tert-OH is 1. The summed E-state index contributed by atoms with van der Waals surface area (Å²) in [5, 5.41) is 10.6. The molecule has 6 atom stereocenters. The lowest BCUT2D eigenvalue weighted by molar-refractivity contribution is -0.160. The van der Waals surface area contributed by atoms with Gasteiger partial charge in [0.25, 0.3) is 5.91 Å². The van der Waals surface area contributed by atoms with Crippen molar-refractivity contribution in [3.05, 3.63) is 72.8 Å². The van der Waals surface area contributed by atoms with Gasteiger partial charge in [0.15, 0.2) is 0 Å². The molecule has 3 fully saturated rings. The second-order valence-corrected chi connectivity index (χ2v) is 10.8. The SMILES string of the molecule is C=CCN(C(=O)C1N([C@H](CO)c2ccccc2)C(=O)[C@@H]2[C@H](C(=O)OCC)[C@]3(C)CCC12O3)c1ccc(OC)cc1. The van der Waals surface area contributed by atoms with Crippen LogP contribution in [0.1, 0.15) is 38.3 Å². The lowest BCUT2D eigenvalue weighted by Crippen LogP contribution is -2.57. The van der Waals surface area contributed by atoms with Crippen LogP contribution in [0.5, 0.6) is 5.75 Å². The van der Waals surface area contributed by atoms with Crippen LogP contribution in [0.3, 0.4) is 0 Å². The molecule has 1 spiro atoms. The van der Waals surface area contributed by atoms with Crippen molar-refractivity contribution in [2.75, 3.05) is 31.8 Å². The van der Waals surface area contributed by atoms with E-state index in [1.807, 2.05) is 37.3 Å². The van der Waals surface area contributed by atoms with E-state index in [2.05, 4.69) is 6.58 Å². The summed E-state index contributed by atoms with van der Waals surface area (Å²) in [7, 11) is 1.57. The van der Waals surface area contributed by atoms with Gasteiger partial charge in [-0.15, -0.1) is 6.58 Å². The normalized spacial score (nSPS) is 29.1. The number of anilines is 1. The third-order valence-electron chi connectivity index (χ3n) is 8.64. The van der Waals surface area contributed by atoms with Gasteiger partial charge < -0.3 is 29.1 Å². The van der Waals surface area contributed by atoms with Crippen LogP contribution >= 0.6 is 0 Å². The lowest BCUT2D eigenvalue weighted by atomic mass is 9.66. The Bertz CT molecular complexity index is 1280. The van der Waals surface area contributed by atoms with Crippen molar-refractivity contribution in [1.82, 2.24) is 4.90 Å². The van der Waals surface area contributed by atoms with E-state index in [0.717, 1.165) is 0 Å². The Morgan fingerprint density at radius 3 is 2.50 bits per heavy atom. The fourth-order valence-corrected chi connectivity index (χ4v) is 6.96. The molecule has 2 aromatic rings. The number of carbonyl (C=O) groups is 3. The van der Waals surface area contributed by atoms with Crippen molar-refractivity contribution >= 4 is 23.5 Å². The first kappa shape index (κ1) is 27.9. The highest BCUT2D eigenvalue weighted by atomic mass is 16.6. The molecule has 2 bridgehead atoms. The number of nitrogens with zero attached hydrogens (tertiary/aromatic N) is 2. The van der Waals surface area contributed by atoms with Crippen LogP contribution < -0.4 is 9.64 Å². The fraction of sp³-hybridized carbons (Fsp3) is 0.452. The number of amides is 2. The van der Waals surface area contributed by atoms with Crippen molar-refractivity contribution in [3.8, 4) is 5.75 Å². The zero-order chi connectivity index (χ0) is 28.7. The van der Waals surface area contributed by atoms with Crippen LogP contribution in [0.25, 0.3) is 0 Å². The molecule has 40 heavy (non-hydrogen) atoms. The van der Waals surface area contributed by atoms with E-state index in [1.54, 1.807) is 49.3 Å². The summed E-state index contributed by atoms with van der Waals surface area (Å²) in [6.45, 7) is 7.33. The average molecular weight is 549 g/mol. The third-order valence-corrected chi connectivity index (χ3v) is 8.64. The van der Waals surface area contributed by atoms with Gasteiger partial charge in [-0.25, -0.2) is 0 Å². The van der Waals surface area contributed by atoms with Gasteiger partial charge in [0, 0.05) is 12.2 Å². The van der Waals surface area contributed by atoms with Crippen LogP contribution in [-0.2, 0) is 23.9 Å². The van der Waals surface area contributed by atoms with Gasteiger partial charge in [-0.2, -0.15) is 0 Å². The second-order valence-electron chi connectivity index (χ2n) is 10.8. The van der Waals surface area contributed by atoms with Gasteiger partial charge >= 0.3 is 5.97 Å². The lowest BCUT2D eigenvalue weighted by Gasteiger charge is -2.39. The number of carbonyl (C=O) groups excluding carboxylic acids is 3. The van der Waals surface area contributed by atoms with E-state index >= 15 is 0 Å². The van der Waals surface area contributed by atoms with Gasteiger partial charge in [-0.1, -0.05) is 36.4 Å². The number of aliphatic hydroxyl groups is 1. The number of fused-ring (bicyclic) bond motifs is 1. The van der Waals surface area contributed by atoms with Crippen LogP contribution in [0.2, 0.25) is 0 Å². The highest BCUT2D eigenvalue weighted by Gasteiger charge is 2.79. The van der Waals surface area contributed by atoms with Crippen molar-refractivity contribution in [1.29, 1.82) is 0 Å². The van der Waals surface area contributed by atoms with Gasteiger partial charge in [-0.05, 0) is 56.5 Å². The Labute approximate surface area is 234 Å². The Morgan fingerprint density at radius 1 is 1.20 bits per heavy atom. The molecule has 3 aliphatic heterocycles. The monoisotopic (exact) mass is 548 g/mol. The standard InChI is InChI=1S/C31H36N2O7/c1-5-18-32(21-12-14-22(38-4)15-13-21)28(36)26-31-17-16-30(3,40-31)25(29(37)39-6-2)24(31)27(35)33(26)23(19-34)20-10-8-7-9-11-20/h5,7-15,23-26,34H,1,6,16-19H2,2-4H3/t23-,24+,25-,26?,30+,31?/m1/s1. The van der Waals surface area contributed by atoms with E-state index in [0.29, 0.717) is 29.8 Å². The molecule has 9 nitrogen and oxygen atoms in total. The first-order valence-corrected chi connectivity index (χ1v) is 13.7. The van der Waals surface area contributed by atoms with Crippen molar-refractivity contribution < 1.29 is 33.7 Å². The molecule has 0 aromatic heterocycles. The van der Waals surface area contributed by atoms with Crippen molar-refractivity contribution in [2.24, 2.45) is 11.8 Å². The molecule has 2 amide bonds. The summed E-state index contributed by atoms with van der Waals surface area (Å²) in [5.74, 6) is -2.41. The molecule has 212 valence electrons. The number of benzene rings is 2. The Kier molecular flexibility index (Phi) is 7.46. The minimum absolute atomic E-state index is 0.166. The largest absolute Gasteiger partial charge is 0.497 e. The molecule has 0 saturated carbocycles. The van der Waals surface area contributed by atoms with Crippen molar-refractivity contribution in [3.63, 3.8) is 0 Å². The van der Waals surface area contributed by atoms with Crippen LogP contribution in [0, 0.1) is 11.8 Å². The minimum atomic E-state index is -1.26. The van der Waals surface area contributed by atoms with Gasteiger partial charge in [0.05, 0.1) is 37.9 Å². The van der Waals surface area contributed by atoms with E-state index in [4.69, 9.17) is 14.2 Å². The molecular weight excluding hydrogens is 512 g/mol. The summed E-state index contributed by atoms with van der Waals surface area (Å²) >= 11 is 0. The summed E-state index contributed by atoms with van der Waals surface area (Å²) in [6.07, 6.45) is 2.53. The first-order chi connectivity index (χ1) is 19.3. The van der Waals surface area contributed by atoms with Gasteiger partial charge in [0.2, 0.25) is 5.91 Å². The number of esters is 1. The van der Waals surface area contributed by atoms with E-state index in [-0.39, 0.29) is 19.1 Å². The molecule has 2 unspecified atom stereocenters. The Balaban J connectivity index is 1.65. The first-order valence-electron chi connectivity index (χ1n) is 13.7. The van der Waals surface area contributed by atoms with E-state index in [9.17, 15) is 19.5 Å². The maximum Gasteiger partial charge on any atom is 0.312 e. The molecule has 5 rings (SSSR count). The molecule has 0 aliphatic carbocycles. The predicted molar refractivity (Wildman–Crippen MR) is 148 cm³/mol. The number of ether oxygens (including phenoxy) is 3. The molecular formula is C31H36N2O7. The van der Waals surface area contributed by atoms with Gasteiger partial charge in [-0.3, -0.25) is 14.4 Å². The average Bonchev–Trinajstić information content (AvgIpc) is 3.53.